The number of benzene rings is 2. The fourth-order valence-corrected chi connectivity index (χ4v) is 2.84. The normalized spacial score (nSPS) is 14.9. The number of hydrogen-bond donors (Lipinski definition) is 2. The quantitative estimate of drug-likeness (QED) is 0.470. The number of hydrogen-bond acceptors (Lipinski definition) is 7. The Morgan fingerprint density at radius 2 is 1.68 bits per heavy atom. The average Bonchev–Trinajstić information content (AvgIpc) is 3.19. The second kappa shape index (κ2) is 10.6. The Kier molecular flexibility index (Phi) is 7.58. The van der Waals surface area contributed by atoms with Crippen LogP contribution in [0.3, 0.4) is 0 Å². The minimum absolute atomic E-state index is 0.0652. The van der Waals surface area contributed by atoms with Crippen molar-refractivity contribution in [3.05, 3.63) is 54.1 Å². The summed E-state index contributed by atoms with van der Waals surface area (Å²) in [7, 11) is 1.58. The number of anilines is 1. The van der Waals surface area contributed by atoms with Crippen LogP contribution in [-0.2, 0) is 19.1 Å². The first kappa shape index (κ1) is 22.3. The van der Waals surface area contributed by atoms with E-state index in [0.29, 0.717) is 30.4 Å². The summed E-state index contributed by atoms with van der Waals surface area (Å²) in [6.45, 7) is 2.55. The number of rotatable bonds is 9. The molecule has 2 N–H and O–H groups in total. The van der Waals surface area contributed by atoms with Crippen LogP contribution >= 0.6 is 0 Å². The fourth-order valence-electron chi connectivity index (χ4n) is 2.84. The molecule has 0 bridgehead atoms. The average molecular weight is 427 g/mol. The van der Waals surface area contributed by atoms with Crippen LogP contribution < -0.4 is 20.2 Å². The summed E-state index contributed by atoms with van der Waals surface area (Å²) >= 11 is 0. The SMILES string of the molecule is COc1ccc(NC(=O)COc2ccc(/C=N\NC(=O)CC3(C)OCCO3)cc2)cc1. The molecule has 2 amide bonds. The van der Waals surface area contributed by atoms with Crippen LogP contribution in [0, 0.1) is 0 Å². The van der Waals surface area contributed by atoms with E-state index in [9.17, 15) is 9.59 Å². The van der Waals surface area contributed by atoms with Crippen molar-refractivity contribution in [2.45, 2.75) is 19.1 Å². The highest BCUT2D eigenvalue weighted by Crippen LogP contribution is 2.22. The van der Waals surface area contributed by atoms with Crippen LogP contribution in [-0.4, -0.2) is 50.7 Å². The van der Waals surface area contributed by atoms with Crippen LogP contribution in [0.15, 0.2) is 53.6 Å². The van der Waals surface area contributed by atoms with Gasteiger partial charge in [0, 0.05) is 5.69 Å². The molecule has 0 aromatic heterocycles. The predicted molar refractivity (Wildman–Crippen MR) is 114 cm³/mol. The lowest BCUT2D eigenvalue weighted by Crippen LogP contribution is -2.33. The highest BCUT2D eigenvalue weighted by Gasteiger charge is 2.33. The van der Waals surface area contributed by atoms with Crippen LogP contribution in [0.5, 0.6) is 11.5 Å². The minimum Gasteiger partial charge on any atom is -0.497 e. The Bertz CT molecular complexity index is 906. The van der Waals surface area contributed by atoms with E-state index in [1.54, 1.807) is 62.6 Å². The van der Waals surface area contributed by atoms with E-state index in [2.05, 4.69) is 15.8 Å². The summed E-state index contributed by atoms with van der Waals surface area (Å²) in [6, 6.07) is 14.0. The van der Waals surface area contributed by atoms with Crippen LogP contribution in [0.2, 0.25) is 0 Å². The molecule has 9 nitrogen and oxygen atoms in total. The smallest absolute Gasteiger partial charge is 0.262 e. The molecule has 1 fully saturated rings. The van der Waals surface area contributed by atoms with Gasteiger partial charge in [0.05, 0.1) is 33.0 Å². The molecular weight excluding hydrogens is 402 g/mol. The molecule has 0 radical (unpaired) electrons. The minimum atomic E-state index is -0.891. The second-order valence-corrected chi connectivity index (χ2v) is 6.94. The molecule has 0 unspecified atom stereocenters. The van der Waals surface area contributed by atoms with Crippen LogP contribution in [0.25, 0.3) is 0 Å². The molecule has 2 aromatic carbocycles. The summed E-state index contributed by atoms with van der Waals surface area (Å²) < 4.78 is 21.3. The molecular formula is C22H25N3O6. The highest BCUT2D eigenvalue weighted by molar-refractivity contribution is 5.92. The molecule has 9 heteroatoms. The van der Waals surface area contributed by atoms with Gasteiger partial charge in [-0.15, -0.1) is 0 Å². The number of amides is 2. The lowest BCUT2D eigenvalue weighted by molar-refractivity contribution is -0.159. The van der Waals surface area contributed by atoms with Crippen molar-refractivity contribution in [1.82, 2.24) is 5.43 Å². The molecule has 164 valence electrons. The van der Waals surface area contributed by atoms with Crippen molar-refractivity contribution in [3.8, 4) is 11.5 Å². The van der Waals surface area contributed by atoms with E-state index in [0.717, 1.165) is 5.56 Å². The monoisotopic (exact) mass is 427 g/mol. The van der Waals surface area contributed by atoms with Crippen molar-refractivity contribution in [3.63, 3.8) is 0 Å². The lowest BCUT2D eigenvalue weighted by Gasteiger charge is -2.20. The summed E-state index contributed by atoms with van der Waals surface area (Å²) in [5, 5.41) is 6.67. The van der Waals surface area contributed by atoms with Gasteiger partial charge in [-0.25, -0.2) is 5.43 Å². The molecule has 3 rings (SSSR count). The van der Waals surface area contributed by atoms with Gasteiger partial charge in [-0.1, -0.05) is 0 Å². The number of carbonyl (C=O) groups excluding carboxylic acids is 2. The Morgan fingerprint density at radius 1 is 1.03 bits per heavy atom. The summed E-state index contributed by atoms with van der Waals surface area (Å²) in [4.78, 5) is 23.9. The highest BCUT2D eigenvalue weighted by atomic mass is 16.7. The zero-order chi connectivity index (χ0) is 22.1. The largest absolute Gasteiger partial charge is 0.497 e. The Morgan fingerprint density at radius 3 is 2.32 bits per heavy atom. The van der Waals surface area contributed by atoms with Gasteiger partial charge >= 0.3 is 0 Å². The van der Waals surface area contributed by atoms with Gasteiger partial charge in [-0.3, -0.25) is 9.59 Å². The molecule has 1 heterocycles. The first-order valence-electron chi connectivity index (χ1n) is 9.72. The molecule has 2 aromatic rings. The zero-order valence-corrected chi connectivity index (χ0v) is 17.4. The third-order valence-electron chi connectivity index (χ3n) is 4.41. The van der Waals surface area contributed by atoms with Gasteiger partial charge in [-0.2, -0.15) is 5.10 Å². The van der Waals surface area contributed by atoms with Crippen molar-refractivity contribution in [2.75, 3.05) is 32.2 Å². The molecule has 1 aliphatic rings. The summed E-state index contributed by atoms with van der Waals surface area (Å²) in [5.41, 5.74) is 3.86. The van der Waals surface area contributed by atoms with Gasteiger partial charge < -0.3 is 24.3 Å². The van der Waals surface area contributed by atoms with Gasteiger partial charge in [0.15, 0.2) is 12.4 Å². The number of methoxy groups -OCH3 is 1. The van der Waals surface area contributed by atoms with E-state index >= 15 is 0 Å². The third-order valence-corrected chi connectivity index (χ3v) is 4.41. The summed E-state index contributed by atoms with van der Waals surface area (Å²) in [5.74, 6) is -0.220. The van der Waals surface area contributed by atoms with E-state index in [4.69, 9.17) is 18.9 Å². The van der Waals surface area contributed by atoms with E-state index in [-0.39, 0.29) is 24.8 Å². The lowest BCUT2D eigenvalue weighted by atomic mass is 10.2. The number of nitrogens with zero attached hydrogens (tertiary/aromatic N) is 1. The van der Waals surface area contributed by atoms with E-state index < -0.39 is 5.79 Å². The van der Waals surface area contributed by atoms with Gasteiger partial charge in [-0.05, 0) is 61.0 Å². The first-order valence-corrected chi connectivity index (χ1v) is 9.72. The number of hydrazone groups is 1. The van der Waals surface area contributed by atoms with Gasteiger partial charge in [0.1, 0.15) is 11.5 Å². The van der Waals surface area contributed by atoms with Crippen LogP contribution in [0.4, 0.5) is 5.69 Å². The topological polar surface area (TPSA) is 107 Å². The Balaban J connectivity index is 1.40. The maximum absolute atomic E-state index is 12.0. The fraction of sp³-hybridized carbons (Fsp3) is 0.318. The second-order valence-electron chi connectivity index (χ2n) is 6.94. The standard InChI is InChI=1S/C22H25N3O6/c1-22(30-11-12-31-22)13-20(26)25-23-14-16-3-7-19(8-4-16)29-15-21(27)24-17-5-9-18(28-2)10-6-17/h3-10,14H,11-13,15H2,1-2H3,(H,24,27)(H,25,26)/b23-14-. The Hall–Kier alpha value is -3.43. The number of ether oxygens (including phenoxy) is 4. The van der Waals surface area contributed by atoms with Gasteiger partial charge in [0.25, 0.3) is 5.91 Å². The van der Waals surface area contributed by atoms with Crippen molar-refractivity contribution in [1.29, 1.82) is 0 Å². The molecule has 0 saturated carbocycles. The Labute approximate surface area is 180 Å². The molecule has 0 spiro atoms. The number of carbonyl (C=O) groups is 2. The van der Waals surface area contributed by atoms with Crippen molar-refractivity contribution < 1.29 is 28.5 Å². The van der Waals surface area contributed by atoms with Crippen LogP contribution in [0.1, 0.15) is 18.9 Å². The maximum Gasteiger partial charge on any atom is 0.262 e. The van der Waals surface area contributed by atoms with Crippen molar-refractivity contribution in [2.24, 2.45) is 5.10 Å². The summed E-state index contributed by atoms with van der Waals surface area (Å²) in [6.07, 6.45) is 1.58. The molecule has 1 aliphatic heterocycles. The molecule has 0 atom stereocenters. The maximum atomic E-state index is 12.0. The zero-order valence-electron chi connectivity index (χ0n) is 17.4. The number of nitrogens with one attached hydrogen (secondary N) is 2. The van der Waals surface area contributed by atoms with E-state index in [1.165, 1.54) is 6.21 Å². The first-order chi connectivity index (χ1) is 15.0. The van der Waals surface area contributed by atoms with E-state index in [1.807, 2.05) is 0 Å². The molecule has 0 aliphatic carbocycles. The molecule has 31 heavy (non-hydrogen) atoms. The van der Waals surface area contributed by atoms with Crippen molar-refractivity contribution >= 4 is 23.7 Å². The predicted octanol–water partition coefficient (Wildman–Crippen LogP) is 2.32. The third kappa shape index (κ3) is 7.09. The molecule has 1 saturated heterocycles. The van der Waals surface area contributed by atoms with Gasteiger partial charge in [0.2, 0.25) is 5.91 Å².